The topological polar surface area (TPSA) is 39.1 Å². The van der Waals surface area contributed by atoms with Crippen LogP contribution in [0.25, 0.3) is 0 Å². The van der Waals surface area contributed by atoms with E-state index in [2.05, 4.69) is 23.4 Å². The van der Waals surface area contributed by atoms with Gasteiger partial charge in [-0.3, -0.25) is 4.68 Å². The van der Waals surface area contributed by atoms with E-state index in [1.54, 1.807) is 0 Å². The number of rotatable bonds is 4. The van der Waals surface area contributed by atoms with E-state index in [0.717, 1.165) is 31.4 Å². The Morgan fingerprint density at radius 3 is 2.94 bits per heavy atom. The lowest BCUT2D eigenvalue weighted by Crippen LogP contribution is -2.36. The summed E-state index contributed by atoms with van der Waals surface area (Å²) in [4.78, 5) is 0. The summed E-state index contributed by atoms with van der Waals surface area (Å²) in [6, 6.07) is 2.61. The average molecular weight is 223 g/mol. The number of hydrogen-bond acceptors (Lipinski definition) is 3. The van der Waals surface area contributed by atoms with Crippen molar-refractivity contribution in [2.45, 2.75) is 32.4 Å². The Morgan fingerprint density at radius 2 is 2.31 bits per heavy atom. The SMILES string of the molecule is CC(NCc1ccn(C)n1)C1CCOCC1. The van der Waals surface area contributed by atoms with Crippen LogP contribution in [0.1, 0.15) is 25.5 Å². The maximum absolute atomic E-state index is 5.37. The molecule has 0 saturated carbocycles. The highest BCUT2D eigenvalue weighted by molar-refractivity contribution is 4.98. The van der Waals surface area contributed by atoms with Gasteiger partial charge in [-0.05, 0) is 31.7 Å². The highest BCUT2D eigenvalue weighted by atomic mass is 16.5. The summed E-state index contributed by atoms with van der Waals surface area (Å²) in [7, 11) is 1.95. The van der Waals surface area contributed by atoms with Crippen molar-refractivity contribution in [3.8, 4) is 0 Å². The van der Waals surface area contributed by atoms with Crippen molar-refractivity contribution in [1.29, 1.82) is 0 Å². The Kier molecular flexibility index (Phi) is 3.96. The van der Waals surface area contributed by atoms with E-state index >= 15 is 0 Å². The normalized spacial score (nSPS) is 19.9. The fourth-order valence-electron chi connectivity index (χ4n) is 2.21. The third-order valence-electron chi connectivity index (χ3n) is 3.35. The molecule has 1 aliphatic rings. The summed E-state index contributed by atoms with van der Waals surface area (Å²) < 4.78 is 7.22. The van der Waals surface area contributed by atoms with Crippen molar-refractivity contribution >= 4 is 0 Å². The quantitative estimate of drug-likeness (QED) is 0.837. The first-order valence-corrected chi connectivity index (χ1v) is 6.05. The zero-order chi connectivity index (χ0) is 11.4. The van der Waals surface area contributed by atoms with E-state index < -0.39 is 0 Å². The van der Waals surface area contributed by atoms with Crippen molar-refractivity contribution in [2.24, 2.45) is 13.0 Å². The molecule has 1 fully saturated rings. The summed E-state index contributed by atoms with van der Waals surface area (Å²) in [6.45, 7) is 4.96. The molecule has 1 atom stereocenters. The number of hydrogen-bond donors (Lipinski definition) is 1. The maximum Gasteiger partial charge on any atom is 0.0762 e. The van der Waals surface area contributed by atoms with Crippen LogP contribution in [-0.2, 0) is 18.3 Å². The van der Waals surface area contributed by atoms with E-state index in [4.69, 9.17) is 4.74 Å². The van der Waals surface area contributed by atoms with Gasteiger partial charge in [0.05, 0.1) is 5.69 Å². The zero-order valence-corrected chi connectivity index (χ0v) is 10.1. The second-order valence-electron chi connectivity index (χ2n) is 4.60. The molecule has 0 amide bonds. The molecule has 2 heterocycles. The largest absolute Gasteiger partial charge is 0.381 e. The smallest absolute Gasteiger partial charge is 0.0762 e. The van der Waals surface area contributed by atoms with E-state index in [1.807, 2.05) is 17.9 Å². The van der Waals surface area contributed by atoms with Crippen LogP contribution in [0.3, 0.4) is 0 Å². The molecule has 1 N–H and O–H groups in total. The molecule has 0 spiro atoms. The number of aromatic nitrogens is 2. The number of nitrogens with one attached hydrogen (secondary N) is 1. The summed E-state index contributed by atoms with van der Waals surface area (Å²) >= 11 is 0. The molecule has 1 saturated heterocycles. The minimum atomic E-state index is 0.547. The Balaban J connectivity index is 1.76. The lowest BCUT2D eigenvalue weighted by atomic mass is 9.93. The monoisotopic (exact) mass is 223 g/mol. The van der Waals surface area contributed by atoms with E-state index in [0.29, 0.717) is 6.04 Å². The predicted molar refractivity (Wildman–Crippen MR) is 63.1 cm³/mol. The summed E-state index contributed by atoms with van der Waals surface area (Å²) in [5.74, 6) is 0.748. The molecule has 0 radical (unpaired) electrons. The standard InChI is InChI=1S/C12H21N3O/c1-10(11-4-7-16-8-5-11)13-9-12-3-6-15(2)14-12/h3,6,10-11,13H,4-5,7-9H2,1-2H3. The minimum absolute atomic E-state index is 0.547. The van der Waals surface area contributed by atoms with Crippen LogP contribution in [-0.4, -0.2) is 29.0 Å². The first-order valence-electron chi connectivity index (χ1n) is 6.05. The molecule has 4 heteroatoms. The van der Waals surface area contributed by atoms with Crippen LogP contribution < -0.4 is 5.32 Å². The third kappa shape index (κ3) is 3.06. The van der Waals surface area contributed by atoms with Crippen molar-refractivity contribution in [3.63, 3.8) is 0 Å². The van der Waals surface area contributed by atoms with E-state index in [-0.39, 0.29) is 0 Å². The molecule has 1 unspecified atom stereocenters. The summed E-state index contributed by atoms with van der Waals surface area (Å²) in [5.41, 5.74) is 1.11. The number of aryl methyl sites for hydroxylation is 1. The molecular formula is C12H21N3O. The van der Waals surface area contributed by atoms with Gasteiger partial charge in [-0.2, -0.15) is 5.10 Å². The first kappa shape index (κ1) is 11.6. The lowest BCUT2D eigenvalue weighted by Gasteiger charge is -2.28. The van der Waals surface area contributed by atoms with Gasteiger partial charge in [0.15, 0.2) is 0 Å². The van der Waals surface area contributed by atoms with Crippen molar-refractivity contribution in [1.82, 2.24) is 15.1 Å². The fourth-order valence-corrected chi connectivity index (χ4v) is 2.21. The van der Waals surface area contributed by atoms with E-state index in [9.17, 15) is 0 Å². The molecule has 2 rings (SSSR count). The molecule has 4 nitrogen and oxygen atoms in total. The van der Waals surface area contributed by atoms with Gasteiger partial charge in [0.2, 0.25) is 0 Å². The first-order chi connectivity index (χ1) is 7.75. The second kappa shape index (κ2) is 5.46. The minimum Gasteiger partial charge on any atom is -0.381 e. The number of ether oxygens (including phenoxy) is 1. The van der Waals surface area contributed by atoms with Crippen molar-refractivity contribution in [3.05, 3.63) is 18.0 Å². The third-order valence-corrected chi connectivity index (χ3v) is 3.35. The Morgan fingerprint density at radius 1 is 1.56 bits per heavy atom. The highest BCUT2D eigenvalue weighted by Crippen LogP contribution is 2.18. The Labute approximate surface area is 97.0 Å². The lowest BCUT2D eigenvalue weighted by molar-refractivity contribution is 0.0557. The van der Waals surface area contributed by atoms with Crippen LogP contribution in [0.4, 0.5) is 0 Å². The summed E-state index contributed by atoms with van der Waals surface area (Å²) in [5, 5.41) is 7.91. The van der Waals surface area contributed by atoms with Gasteiger partial charge in [-0.1, -0.05) is 0 Å². The predicted octanol–water partition coefficient (Wildman–Crippen LogP) is 1.32. The second-order valence-corrected chi connectivity index (χ2v) is 4.60. The molecule has 1 aromatic rings. The Bertz CT molecular complexity index is 318. The van der Waals surface area contributed by atoms with Crippen LogP contribution in [0.15, 0.2) is 12.3 Å². The maximum atomic E-state index is 5.37. The van der Waals surface area contributed by atoms with Gasteiger partial charge in [0.25, 0.3) is 0 Å². The van der Waals surface area contributed by atoms with E-state index in [1.165, 1.54) is 12.8 Å². The molecule has 0 bridgehead atoms. The molecule has 90 valence electrons. The van der Waals surface area contributed by atoms with Crippen LogP contribution in [0.5, 0.6) is 0 Å². The van der Waals surface area contributed by atoms with Gasteiger partial charge in [-0.15, -0.1) is 0 Å². The van der Waals surface area contributed by atoms with Gasteiger partial charge in [0, 0.05) is 39.0 Å². The van der Waals surface area contributed by atoms with Gasteiger partial charge >= 0.3 is 0 Å². The zero-order valence-electron chi connectivity index (χ0n) is 10.1. The van der Waals surface area contributed by atoms with Crippen molar-refractivity contribution in [2.75, 3.05) is 13.2 Å². The molecule has 0 aliphatic carbocycles. The van der Waals surface area contributed by atoms with Gasteiger partial charge < -0.3 is 10.1 Å². The Hall–Kier alpha value is -0.870. The molecule has 16 heavy (non-hydrogen) atoms. The van der Waals surface area contributed by atoms with Crippen LogP contribution in [0.2, 0.25) is 0 Å². The molecule has 1 aliphatic heterocycles. The van der Waals surface area contributed by atoms with Crippen LogP contribution in [0, 0.1) is 5.92 Å². The molecular weight excluding hydrogens is 202 g/mol. The molecule has 1 aromatic heterocycles. The van der Waals surface area contributed by atoms with Crippen molar-refractivity contribution < 1.29 is 4.74 Å². The van der Waals surface area contributed by atoms with Gasteiger partial charge in [0.1, 0.15) is 0 Å². The molecule has 0 aromatic carbocycles. The highest BCUT2D eigenvalue weighted by Gasteiger charge is 2.19. The van der Waals surface area contributed by atoms with Gasteiger partial charge in [-0.25, -0.2) is 0 Å². The summed E-state index contributed by atoms with van der Waals surface area (Å²) in [6.07, 6.45) is 4.34. The van der Waals surface area contributed by atoms with Crippen LogP contribution >= 0.6 is 0 Å². The fraction of sp³-hybridized carbons (Fsp3) is 0.750. The number of nitrogens with zero attached hydrogens (tertiary/aromatic N) is 2. The average Bonchev–Trinajstić information content (AvgIpc) is 2.73.